The van der Waals surface area contributed by atoms with Crippen LogP contribution >= 0.6 is 0 Å². The number of carbonyl (C=O) groups excluding carboxylic acids is 1. The van der Waals surface area contributed by atoms with E-state index in [-0.39, 0.29) is 11.8 Å². The Kier molecular flexibility index (Phi) is 3.14. The molecule has 2 unspecified atom stereocenters. The van der Waals surface area contributed by atoms with E-state index in [4.69, 9.17) is 5.53 Å². The first-order valence-corrected chi connectivity index (χ1v) is 4.46. The molecule has 2 atom stereocenters. The molecule has 1 rings (SSSR count). The van der Waals surface area contributed by atoms with Crippen LogP contribution in [-0.2, 0) is 4.79 Å². The minimum atomic E-state index is 0.117. The van der Waals surface area contributed by atoms with Crippen LogP contribution in [0.1, 0.15) is 13.8 Å². The topological polar surface area (TPSA) is 69.1 Å². The van der Waals surface area contributed by atoms with Crippen molar-refractivity contribution in [1.82, 2.24) is 4.90 Å². The fourth-order valence-corrected chi connectivity index (χ4v) is 1.54. The predicted molar refractivity (Wildman–Crippen MR) is 48.9 cm³/mol. The molecule has 1 aliphatic heterocycles. The van der Waals surface area contributed by atoms with E-state index in [2.05, 4.69) is 16.9 Å². The van der Waals surface area contributed by atoms with E-state index in [1.807, 2.05) is 6.92 Å². The van der Waals surface area contributed by atoms with Gasteiger partial charge in [0.2, 0.25) is 5.91 Å². The van der Waals surface area contributed by atoms with Gasteiger partial charge in [0.25, 0.3) is 0 Å². The average Bonchev–Trinajstić information content (AvgIpc) is 2.34. The van der Waals surface area contributed by atoms with Gasteiger partial charge in [0.05, 0.1) is 0 Å². The van der Waals surface area contributed by atoms with Gasteiger partial charge in [0, 0.05) is 30.5 Å². The summed E-state index contributed by atoms with van der Waals surface area (Å²) in [5.41, 5.74) is 8.06. The molecule has 0 saturated carbocycles. The number of nitrogens with zero attached hydrogens (tertiary/aromatic N) is 4. The summed E-state index contributed by atoms with van der Waals surface area (Å²) in [5.74, 6) is 0.713. The maximum atomic E-state index is 11.5. The Balaban J connectivity index is 2.44. The van der Waals surface area contributed by atoms with Crippen LogP contribution in [0, 0.1) is 11.8 Å². The average molecular weight is 182 g/mol. The van der Waals surface area contributed by atoms with E-state index >= 15 is 0 Å². The molecule has 0 N–H and O–H groups in total. The van der Waals surface area contributed by atoms with Gasteiger partial charge in [-0.15, -0.1) is 0 Å². The number of hydrogen-bond acceptors (Lipinski definition) is 2. The van der Waals surface area contributed by atoms with Crippen LogP contribution in [-0.4, -0.2) is 30.4 Å². The molecule has 1 aliphatic rings. The monoisotopic (exact) mass is 182 g/mol. The molecule has 5 nitrogen and oxygen atoms in total. The van der Waals surface area contributed by atoms with Crippen molar-refractivity contribution in [2.45, 2.75) is 13.8 Å². The number of rotatable bonds is 3. The Morgan fingerprint density at radius 1 is 1.69 bits per heavy atom. The first kappa shape index (κ1) is 9.86. The van der Waals surface area contributed by atoms with Gasteiger partial charge in [-0.1, -0.05) is 19.0 Å². The maximum absolute atomic E-state index is 11.5. The standard InChI is InChI=1S/C8H14N4O/c1-6-5-12(4-3-10-11-9)8(13)7(6)2/h6-7H,3-5H2,1-2H3. The number of carbonyl (C=O) groups is 1. The predicted octanol–water partition coefficient (Wildman–Crippen LogP) is 1.41. The maximum Gasteiger partial charge on any atom is 0.225 e. The van der Waals surface area contributed by atoms with E-state index in [0.29, 0.717) is 19.0 Å². The smallest absolute Gasteiger partial charge is 0.225 e. The third kappa shape index (κ3) is 2.12. The van der Waals surface area contributed by atoms with Gasteiger partial charge in [0.15, 0.2) is 0 Å². The Hall–Kier alpha value is -1.22. The fourth-order valence-electron chi connectivity index (χ4n) is 1.54. The van der Waals surface area contributed by atoms with Crippen molar-refractivity contribution in [3.63, 3.8) is 0 Å². The van der Waals surface area contributed by atoms with Crippen molar-refractivity contribution >= 4 is 5.91 Å². The number of hydrogen-bond donors (Lipinski definition) is 0. The fraction of sp³-hybridized carbons (Fsp3) is 0.875. The molecule has 0 aromatic rings. The quantitative estimate of drug-likeness (QED) is 0.369. The van der Waals surface area contributed by atoms with Crippen LogP contribution in [0.2, 0.25) is 0 Å². The molecule has 0 spiro atoms. The SMILES string of the molecule is CC1CN(CCN=[N+]=[N-])C(=O)C1C. The molecule has 0 bridgehead atoms. The van der Waals surface area contributed by atoms with Crippen molar-refractivity contribution in [2.24, 2.45) is 17.0 Å². The molecule has 0 aromatic carbocycles. The molecule has 0 aliphatic carbocycles. The summed E-state index contributed by atoms with van der Waals surface area (Å²) in [4.78, 5) is 15.9. The molecule has 1 amide bonds. The highest BCUT2D eigenvalue weighted by atomic mass is 16.2. The van der Waals surface area contributed by atoms with Crippen LogP contribution in [0.4, 0.5) is 0 Å². The van der Waals surface area contributed by atoms with E-state index in [0.717, 1.165) is 6.54 Å². The summed E-state index contributed by atoms with van der Waals surface area (Å²) < 4.78 is 0. The Bertz CT molecular complexity index is 247. The lowest BCUT2D eigenvalue weighted by Gasteiger charge is -2.13. The highest BCUT2D eigenvalue weighted by molar-refractivity contribution is 5.80. The third-order valence-corrected chi connectivity index (χ3v) is 2.60. The minimum absolute atomic E-state index is 0.117. The van der Waals surface area contributed by atoms with E-state index in [1.165, 1.54) is 0 Å². The molecule has 5 heteroatoms. The molecular weight excluding hydrogens is 168 g/mol. The minimum Gasteiger partial charge on any atom is -0.342 e. The van der Waals surface area contributed by atoms with Crippen molar-refractivity contribution in [1.29, 1.82) is 0 Å². The Labute approximate surface area is 77.3 Å². The summed E-state index contributed by atoms with van der Waals surface area (Å²) >= 11 is 0. The molecule has 0 radical (unpaired) electrons. The number of azide groups is 1. The lowest BCUT2D eigenvalue weighted by atomic mass is 10.0. The lowest BCUT2D eigenvalue weighted by molar-refractivity contribution is -0.130. The van der Waals surface area contributed by atoms with Crippen LogP contribution < -0.4 is 0 Å². The van der Waals surface area contributed by atoms with Gasteiger partial charge >= 0.3 is 0 Å². The summed E-state index contributed by atoms with van der Waals surface area (Å²) in [6.07, 6.45) is 0. The highest BCUT2D eigenvalue weighted by Crippen LogP contribution is 2.22. The van der Waals surface area contributed by atoms with Crippen LogP contribution in [0.5, 0.6) is 0 Å². The Morgan fingerprint density at radius 2 is 2.38 bits per heavy atom. The Morgan fingerprint density at radius 3 is 2.85 bits per heavy atom. The lowest BCUT2D eigenvalue weighted by Crippen LogP contribution is -2.29. The summed E-state index contributed by atoms with van der Waals surface area (Å²) in [6.45, 7) is 5.73. The third-order valence-electron chi connectivity index (χ3n) is 2.60. The summed E-state index contributed by atoms with van der Waals surface area (Å²) in [7, 11) is 0. The molecule has 0 aromatic heterocycles. The summed E-state index contributed by atoms with van der Waals surface area (Å²) in [6, 6.07) is 0. The van der Waals surface area contributed by atoms with Crippen LogP contribution in [0.25, 0.3) is 10.4 Å². The molecule has 72 valence electrons. The summed E-state index contributed by atoms with van der Waals surface area (Å²) in [5, 5.41) is 3.41. The first-order chi connectivity index (χ1) is 6.16. The molecule has 1 saturated heterocycles. The van der Waals surface area contributed by atoms with Gasteiger partial charge in [-0.2, -0.15) is 0 Å². The van der Waals surface area contributed by atoms with Gasteiger partial charge < -0.3 is 4.90 Å². The van der Waals surface area contributed by atoms with Crippen LogP contribution in [0.15, 0.2) is 5.11 Å². The number of amides is 1. The van der Waals surface area contributed by atoms with E-state index in [1.54, 1.807) is 4.90 Å². The van der Waals surface area contributed by atoms with Crippen LogP contribution in [0.3, 0.4) is 0 Å². The van der Waals surface area contributed by atoms with Gasteiger partial charge in [0.1, 0.15) is 0 Å². The van der Waals surface area contributed by atoms with E-state index < -0.39 is 0 Å². The van der Waals surface area contributed by atoms with Crippen molar-refractivity contribution in [2.75, 3.05) is 19.6 Å². The van der Waals surface area contributed by atoms with Crippen molar-refractivity contribution in [3.05, 3.63) is 10.4 Å². The molecule has 1 heterocycles. The highest BCUT2D eigenvalue weighted by Gasteiger charge is 2.33. The van der Waals surface area contributed by atoms with Crippen molar-refractivity contribution in [3.8, 4) is 0 Å². The van der Waals surface area contributed by atoms with Gasteiger partial charge in [-0.3, -0.25) is 4.79 Å². The van der Waals surface area contributed by atoms with Crippen molar-refractivity contribution < 1.29 is 4.79 Å². The second kappa shape index (κ2) is 4.14. The molecule has 13 heavy (non-hydrogen) atoms. The number of likely N-dealkylation sites (tertiary alicyclic amines) is 1. The largest absolute Gasteiger partial charge is 0.342 e. The first-order valence-electron chi connectivity index (χ1n) is 4.46. The van der Waals surface area contributed by atoms with E-state index in [9.17, 15) is 4.79 Å². The normalized spacial score (nSPS) is 27.5. The molecular formula is C8H14N4O. The second-order valence-corrected chi connectivity index (χ2v) is 3.50. The second-order valence-electron chi connectivity index (χ2n) is 3.50. The van der Waals surface area contributed by atoms with Gasteiger partial charge in [-0.25, -0.2) is 0 Å². The van der Waals surface area contributed by atoms with Gasteiger partial charge in [-0.05, 0) is 11.4 Å². The molecule has 1 fully saturated rings. The zero-order valence-electron chi connectivity index (χ0n) is 7.97. The zero-order chi connectivity index (χ0) is 9.84. The zero-order valence-corrected chi connectivity index (χ0v) is 7.97.